The molecule has 0 amide bonds. The Bertz CT molecular complexity index is 1500. The minimum atomic E-state index is -0.892. The van der Waals surface area contributed by atoms with Crippen LogP contribution in [-0.2, 0) is 19.4 Å². The van der Waals surface area contributed by atoms with Gasteiger partial charge in [0.05, 0.1) is 6.61 Å². The van der Waals surface area contributed by atoms with E-state index in [1.165, 1.54) is 40.7 Å². The van der Waals surface area contributed by atoms with Gasteiger partial charge in [-0.2, -0.15) is 5.21 Å². The molecule has 2 atom stereocenters. The number of hydrogen-bond donors (Lipinski definition) is 2. The summed E-state index contributed by atoms with van der Waals surface area (Å²) in [6, 6.07) is 16.9. The van der Waals surface area contributed by atoms with Crippen molar-refractivity contribution in [3.63, 3.8) is 0 Å². The van der Waals surface area contributed by atoms with Crippen LogP contribution in [-0.4, -0.2) is 45.1 Å². The van der Waals surface area contributed by atoms with E-state index in [9.17, 15) is 5.11 Å². The van der Waals surface area contributed by atoms with E-state index in [2.05, 4.69) is 77.8 Å². The Morgan fingerprint density at radius 1 is 1.02 bits per heavy atom. The second kappa shape index (κ2) is 12.2. The molecule has 1 unspecified atom stereocenters. The molecule has 0 saturated heterocycles. The van der Waals surface area contributed by atoms with Crippen molar-refractivity contribution in [2.45, 2.75) is 65.1 Å². The molecule has 1 saturated carbocycles. The molecule has 1 aromatic heterocycles. The van der Waals surface area contributed by atoms with Crippen LogP contribution in [0.25, 0.3) is 11.1 Å². The number of aliphatic hydroxyl groups excluding tert-OH is 2. The molecule has 8 nitrogen and oxygen atoms in total. The number of ether oxygens (including phenoxy) is 2. The second-order valence-electron chi connectivity index (χ2n) is 11.4. The molecule has 0 aliphatic heterocycles. The Kier molecular flexibility index (Phi) is 8.87. The van der Waals surface area contributed by atoms with Crippen LogP contribution >= 0.6 is 0 Å². The van der Waals surface area contributed by atoms with Crippen molar-refractivity contribution in [2.24, 2.45) is 5.41 Å². The summed E-state index contributed by atoms with van der Waals surface area (Å²) in [6.07, 6.45) is 3.47. The Morgan fingerprint density at radius 3 is 2.49 bits per heavy atom. The van der Waals surface area contributed by atoms with Crippen LogP contribution in [0.2, 0.25) is 0 Å². The van der Waals surface area contributed by atoms with E-state index in [0.717, 1.165) is 41.1 Å². The van der Waals surface area contributed by atoms with Crippen molar-refractivity contribution in [2.75, 3.05) is 13.2 Å². The van der Waals surface area contributed by atoms with E-state index in [4.69, 9.17) is 14.6 Å². The molecular formula is C32H35N4NaO4. The first-order valence-electron chi connectivity index (χ1n) is 13.9. The predicted molar refractivity (Wildman–Crippen MR) is 150 cm³/mol. The van der Waals surface area contributed by atoms with Gasteiger partial charge in [-0.05, 0) is 127 Å². The van der Waals surface area contributed by atoms with Gasteiger partial charge in [0.2, 0.25) is 0 Å². The first-order valence-corrected chi connectivity index (χ1v) is 13.9. The standard InChI is InChI=1S/C32H35N4O4.Na/c1-19-11-26(40-18-24(38)16-37)12-20(2)31(19)27-6-4-5-22(21(27)3)17-39-25-7-8-28-23(13-25)15-32(9-10-32)29(28)14-30-33-35-36-34-30;/h4-8,11-13,24,29,37-38H,9-10,14-18H2,1-3H3;/q-1;+1/t24-,29?;/m1./s1. The molecule has 1 heterocycles. The molecule has 2 N–H and O–H groups in total. The minimum absolute atomic E-state index is 0. The fourth-order valence-corrected chi connectivity index (χ4v) is 6.39. The summed E-state index contributed by atoms with van der Waals surface area (Å²) in [5.74, 6) is 2.73. The largest absolute Gasteiger partial charge is 1.00 e. The van der Waals surface area contributed by atoms with Gasteiger partial charge in [-0.1, -0.05) is 24.3 Å². The molecule has 9 heteroatoms. The van der Waals surface area contributed by atoms with Crippen LogP contribution in [0, 0.1) is 26.2 Å². The van der Waals surface area contributed by atoms with E-state index in [1.54, 1.807) is 0 Å². The van der Waals surface area contributed by atoms with Crippen LogP contribution in [0.5, 0.6) is 11.5 Å². The van der Waals surface area contributed by atoms with Gasteiger partial charge >= 0.3 is 29.6 Å². The van der Waals surface area contributed by atoms with Crippen molar-refractivity contribution >= 4 is 0 Å². The fraction of sp³-hybridized carbons (Fsp3) is 0.406. The number of tetrazole rings is 1. The van der Waals surface area contributed by atoms with Gasteiger partial charge in [-0.15, -0.1) is 0 Å². The number of aromatic nitrogens is 4. The summed E-state index contributed by atoms with van der Waals surface area (Å²) in [7, 11) is 0. The Labute approximate surface area is 262 Å². The summed E-state index contributed by atoms with van der Waals surface area (Å²) < 4.78 is 12.0. The summed E-state index contributed by atoms with van der Waals surface area (Å²) in [5.41, 5.74) is 9.96. The van der Waals surface area contributed by atoms with Crippen molar-refractivity contribution in [3.05, 3.63) is 87.7 Å². The zero-order valence-corrected chi connectivity index (χ0v) is 26.2. The number of aryl methyl sites for hydroxylation is 2. The monoisotopic (exact) mass is 562 g/mol. The molecule has 2 aliphatic rings. The minimum Gasteiger partial charge on any atom is -0.491 e. The average molecular weight is 563 g/mol. The third-order valence-corrected chi connectivity index (χ3v) is 8.68. The van der Waals surface area contributed by atoms with Gasteiger partial charge in [-0.25, -0.2) is 0 Å². The zero-order valence-electron chi connectivity index (χ0n) is 24.2. The molecular weight excluding hydrogens is 527 g/mol. The van der Waals surface area contributed by atoms with Gasteiger partial charge in [0.1, 0.15) is 30.8 Å². The van der Waals surface area contributed by atoms with Crippen LogP contribution < -0.4 is 44.1 Å². The van der Waals surface area contributed by atoms with Gasteiger partial charge < -0.3 is 24.8 Å². The predicted octanol–water partition coefficient (Wildman–Crippen LogP) is 1.40. The molecule has 0 radical (unpaired) electrons. The molecule has 208 valence electrons. The van der Waals surface area contributed by atoms with Crippen molar-refractivity contribution in [1.29, 1.82) is 0 Å². The molecule has 4 aromatic rings. The topological polar surface area (TPSA) is 112 Å². The van der Waals surface area contributed by atoms with Crippen LogP contribution in [0.15, 0.2) is 48.5 Å². The van der Waals surface area contributed by atoms with Crippen LogP contribution in [0.3, 0.4) is 0 Å². The second-order valence-corrected chi connectivity index (χ2v) is 11.4. The fourth-order valence-electron chi connectivity index (χ4n) is 6.39. The number of fused-ring (bicyclic) bond motifs is 1. The quantitative estimate of drug-likeness (QED) is 0.279. The Balaban J connectivity index is 0.00000337. The SMILES string of the molecule is Cc1cc(OC[C@H](O)CO)cc(C)c1-c1cccc(COc2ccc3c(c2)CC2(CC2)C3Cc2nnn[n-]2)c1C.[Na+]. The van der Waals surface area contributed by atoms with Gasteiger partial charge in [0, 0.05) is 5.82 Å². The number of rotatable bonds is 10. The summed E-state index contributed by atoms with van der Waals surface area (Å²) in [5, 5.41) is 34.2. The smallest absolute Gasteiger partial charge is 0.491 e. The van der Waals surface area contributed by atoms with E-state index in [1.807, 2.05) is 12.1 Å². The number of nitrogens with zero attached hydrogens (tertiary/aromatic N) is 4. The van der Waals surface area contributed by atoms with Crippen LogP contribution in [0.4, 0.5) is 0 Å². The average Bonchev–Trinajstić information content (AvgIpc) is 3.40. The van der Waals surface area contributed by atoms with E-state index in [-0.39, 0.29) is 42.8 Å². The normalized spacial score (nSPS) is 17.1. The van der Waals surface area contributed by atoms with Crippen molar-refractivity contribution in [1.82, 2.24) is 20.6 Å². The Hall–Kier alpha value is -2.75. The van der Waals surface area contributed by atoms with Gasteiger partial charge in [0.25, 0.3) is 0 Å². The van der Waals surface area contributed by atoms with Crippen LogP contribution in [0.1, 0.15) is 58.0 Å². The Morgan fingerprint density at radius 2 is 1.80 bits per heavy atom. The van der Waals surface area contributed by atoms with Gasteiger partial charge in [0.15, 0.2) is 0 Å². The van der Waals surface area contributed by atoms with Crippen molar-refractivity contribution in [3.8, 4) is 22.6 Å². The summed E-state index contributed by atoms with van der Waals surface area (Å²) >= 11 is 0. The summed E-state index contributed by atoms with van der Waals surface area (Å²) in [6.45, 7) is 6.52. The third kappa shape index (κ3) is 6.08. The molecule has 3 aromatic carbocycles. The number of benzene rings is 3. The number of aliphatic hydroxyl groups is 2. The third-order valence-electron chi connectivity index (χ3n) is 8.68. The molecule has 0 bridgehead atoms. The number of hydrogen-bond acceptors (Lipinski definition) is 7. The maximum absolute atomic E-state index is 9.62. The molecule has 1 fully saturated rings. The van der Waals surface area contributed by atoms with E-state index < -0.39 is 6.10 Å². The maximum Gasteiger partial charge on any atom is 1.00 e. The first kappa shape index (κ1) is 29.7. The van der Waals surface area contributed by atoms with E-state index in [0.29, 0.717) is 23.7 Å². The molecule has 2 aliphatic carbocycles. The maximum atomic E-state index is 9.62. The van der Waals surface area contributed by atoms with E-state index >= 15 is 0 Å². The molecule has 1 spiro atoms. The molecule has 6 rings (SSSR count). The van der Waals surface area contributed by atoms with Gasteiger partial charge in [-0.3, -0.25) is 10.3 Å². The molecule has 41 heavy (non-hydrogen) atoms. The van der Waals surface area contributed by atoms with Crippen molar-refractivity contribution < 1.29 is 49.2 Å². The first-order chi connectivity index (χ1) is 19.4. The summed E-state index contributed by atoms with van der Waals surface area (Å²) in [4.78, 5) is 0. The zero-order chi connectivity index (χ0) is 27.9.